The van der Waals surface area contributed by atoms with E-state index in [9.17, 15) is 19.2 Å². The number of anilines is 1. The molecule has 0 aliphatic rings. The molecule has 0 radical (unpaired) electrons. The fourth-order valence-electron chi connectivity index (χ4n) is 3.76. The highest BCUT2D eigenvalue weighted by atomic mass is 32.2. The zero-order chi connectivity index (χ0) is 25.3. The van der Waals surface area contributed by atoms with E-state index in [0.717, 1.165) is 21.9 Å². The minimum atomic E-state index is -0.546. The smallest absolute Gasteiger partial charge is 0.311 e. The first kappa shape index (κ1) is 24.2. The third-order valence-corrected chi connectivity index (χ3v) is 6.61. The minimum absolute atomic E-state index is 0.0853. The van der Waals surface area contributed by atoms with E-state index in [1.165, 1.54) is 24.7 Å². The highest BCUT2D eigenvalue weighted by Gasteiger charge is 2.18. The van der Waals surface area contributed by atoms with Crippen LogP contribution in [0.25, 0.3) is 16.6 Å². The molecule has 35 heavy (non-hydrogen) atoms. The van der Waals surface area contributed by atoms with E-state index in [4.69, 9.17) is 0 Å². The van der Waals surface area contributed by atoms with Crippen molar-refractivity contribution in [1.82, 2.24) is 18.7 Å². The summed E-state index contributed by atoms with van der Waals surface area (Å²) in [5.74, 6) is -0.271. The number of para-hydroxylation sites is 2. The van der Waals surface area contributed by atoms with Crippen molar-refractivity contribution >= 4 is 34.4 Å². The number of carbonyl (C=O) groups excluding carboxylic acids is 1. The molecule has 4 rings (SSSR count). The van der Waals surface area contributed by atoms with Gasteiger partial charge in [0.05, 0.1) is 22.3 Å². The molecule has 9 nitrogen and oxygen atoms in total. The second-order valence-corrected chi connectivity index (χ2v) is 9.31. The van der Waals surface area contributed by atoms with Gasteiger partial charge in [-0.1, -0.05) is 55.9 Å². The highest BCUT2D eigenvalue weighted by Crippen LogP contribution is 2.27. The van der Waals surface area contributed by atoms with Crippen LogP contribution in [0, 0.1) is 0 Å². The molecule has 1 N–H and O–H groups in total. The van der Waals surface area contributed by atoms with Crippen LogP contribution in [0.1, 0.15) is 25.3 Å². The largest absolute Gasteiger partial charge is 0.332 e. The predicted molar refractivity (Wildman–Crippen MR) is 138 cm³/mol. The monoisotopic (exact) mass is 491 g/mol. The Hall–Kier alpha value is -3.92. The molecule has 0 fully saturated rings. The number of carbonyl (C=O) groups is 1. The van der Waals surface area contributed by atoms with Gasteiger partial charge in [0.2, 0.25) is 5.91 Å². The number of fused-ring (bicyclic) bond motifs is 1. The standard InChI is InChI=1S/C25H25N5O4S/c1-15(2)16-9-6-8-12-19(16)30-23(33)17-10-5-7-11-18(17)26-24(30)35-14-21(31)27-20-13-22(32)29(4)25(34)28(20)3/h5-13,15H,14H2,1-4H3,(H,27,31). The van der Waals surface area contributed by atoms with Crippen molar-refractivity contribution in [2.75, 3.05) is 11.1 Å². The molecule has 0 saturated heterocycles. The van der Waals surface area contributed by atoms with Gasteiger partial charge in [-0.05, 0) is 29.7 Å². The van der Waals surface area contributed by atoms with Crippen LogP contribution in [0.5, 0.6) is 0 Å². The third kappa shape index (κ3) is 4.69. The van der Waals surface area contributed by atoms with Crippen LogP contribution in [0.3, 0.4) is 0 Å². The molecule has 2 aromatic carbocycles. The van der Waals surface area contributed by atoms with Crippen molar-refractivity contribution in [3.63, 3.8) is 0 Å². The number of aromatic nitrogens is 4. The SMILES string of the molecule is CC(C)c1ccccc1-n1c(SCC(=O)Nc2cc(=O)n(C)c(=O)n2C)nc2ccccc2c1=O. The molecule has 0 bridgehead atoms. The maximum absolute atomic E-state index is 13.5. The Balaban J connectivity index is 1.73. The average molecular weight is 492 g/mol. The van der Waals surface area contributed by atoms with Gasteiger partial charge in [-0.25, -0.2) is 9.78 Å². The number of nitrogens with zero attached hydrogens (tertiary/aromatic N) is 4. The van der Waals surface area contributed by atoms with Crippen molar-refractivity contribution in [1.29, 1.82) is 0 Å². The molecule has 0 saturated carbocycles. The van der Waals surface area contributed by atoms with E-state index < -0.39 is 17.2 Å². The van der Waals surface area contributed by atoms with Gasteiger partial charge in [-0.15, -0.1) is 0 Å². The summed E-state index contributed by atoms with van der Waals surface area (Å²) in [7, 11) is 2.84. The molecular formula is C25H25N5O4S. The van der Waals surface area contributed by atoms with Gasteiger partial charge in [0.1, 0.15) is 5.82 Å². The molecule has 4 aromatic rings. The zero-order valence-electron chi connectivity index (χ0n) is 19.8. The van der Waals surface area contributed by atoms with Crippen LogP contribution in [0.4, 0.5) is 5.82 Å². The Bertz CT molecular complexity index is 1620. The fourth-order valence-corrected chi connectivity index (χ4v) is 4.57. The summed E-state index contributed by atoms with van der Waals surface area (Å²) in [6.07, 6.45) is 0. The highest BCUT2D eigenvalue weighted by molar-refractivity contribution is 7.99. The number of thioether (sulfide) groups is 1. The Morgan fingerprint density at radius 1 is 1.00 bits per heavy atom. The van der Waals surface area contributed by atoms with E-state index in [0.29, 0.717) is 21.7 Å². The second kappa shape index (κ2) is 9.75. The number of benzene rings is 2. The topological polar surface area (TPSA) is 108 Å². The fraction of sp³-hybridized carbons (Fsp3) is 0.240. The normalized spacial score (nSPS) is 11.2. The van der Waals surface area contributed by atoms with E-state index in [2.05, 4.69) is 10.3 Å². The molecular weight excluding hydrogens is 466 g/mol. The van der Waals surface area contributed by atoms with E-state index in [1.54, 1.807) is 28.8 Å². The maximum Gasteiger partial charge on any atom is 0.332 e. The molecule has 2 aromatic heterocycles. The maximum atomic E-state index is 13.5. The lowest BCUT2D eigenvalue weighted by atomic mass is 10.0. The molecule has 180 valence electrons. The number of hydrogen-bond acceptors (Lipinski definition) is 6. The van der Waals surface area contributed by atoms with Gasteiger partial charge >= 0.3 is 5.69 Å². The van der Waals surface area contributed by atoms with Gasteiger partial charge in [-0.2, -0.15) is 0 Å². The average Bonchev–Trinajstić information content (AvgIpc) is 2.85. The van der Waals surface area contributed by atoms with Crippen molar-refractivity contribution in [2.24, 2.45) is 14.1 Å². The van der Waals surface area contributed by atoms with Crippen LogP contribution in [-0.4, -0.2) is 30.3 Å². The lowest BCUT2D eigenvalue weighted by Gasteiger charge is -2.18. The Morgan fingerprint density at radius 3 is 2.43 bits per heavy atom. The van der Waals surface area contributed by atoms with Gasteiger partial charge in [0, 0.05) is 20.2 Å². The van der Waals surface area contributed by atoms with Crippen molar-refractivity contribution < 1.29 is 4.79 Å². The summed E-state index contributed by atoms with van der Waals surface area (Å²) in [6, 6.07) is 15.9. The Labute approximate surface area is 205 Å². The number of nitrogens with one attached hydrogen (secondary N) is 1. The zero-order valence-corrected chi connectivity index (χ0v) is 20.6. The third-order valence-electron chi connectivity index (χ3n) is 5.67. The summed E-state index contributed by atoms with van der Waals surface area (Å²) < 4.78 is 3.69. The van der Waals surface area contributed by atoms with Crippen LogP contribution in [0.15, 0.2) is 74.1 Å². The minimum Gasteiger partial charge on any atom is -0.311 e. The summed E-state index contributed by atoms with van der Waals surface area (Å²) >= 11 is 1.11. The van der Waals surface area contributed by atoms with Crippen LogP contribution in [-0.2, 0) is 18.9 Å². The molecule has 0 aliphatic heterocycles. The molecule has 0 atom stereocenters. The van der Waals surface area contributed by atoms with Crippen LogP contribution in [0.2, 0.25) is 0 Å². The molecule has 10 heteroatoms. The van der Waals surface area contributed by atoms with Crippen molar-refractivity contribution in [3.8, 4) is 5.69 Å². The molecule has 1 amide bonds. The second-order valence-electron chi connectivity index (χ2n) is 8.37. The molecule has 0 aliphatic carbocycles. The first-order valence-electron chi connectivity index (χ1n) is 11.0. The molecule has 0 unspecified atom stereocenters. The number of amides is 1. The lowest BCUT2D eigenvalue weighted by molar-refractivity contribution is -0.113. The van der Waals surface area contributed by atoms with Gasteiger partial charge in [0.25, 0.3) is 11.1 Å². The Kier molecular flexibility index (Phi) is 6.74. The number of rotatable bonds is 6. The van der Waals surface area contributed by atoms with Crippen molar-refractivity contribution in [3.05, 3.63) is 91.4 Å². The molecule has 2 heterocycles. The van der Waals surface area contributed by atoms with Crippen LogP contribution < -0.4 is 22.1 Å². The summed E-state index contributed by atoms with van der Waals surface area (Å²) in [5, 5.41) is 3.46. The van der Waals surface area contributed by atoms with E-state index in [-0.39, 0.29) is 23.0 Å². The number of hydrogen-bond donors (Lipinski definition) is 1. The first-order chi connectivity index (χ1) is 16.7. The van der Waals surface area contributed by atoms with E-state index in [1.807, 2.05) is 38.1 Å². The van der Waals surface area contributed by atoms with E-state index >= 15 is 0 Å². The Morgan fingerprint density at radius 2 is 1.69 bits per heavy atom. The van der Waals surface area contributed by atoms with Gasteiger partial charge < -0.3 is 5.32 Å². The van der Waals surface area contributed by atoms with Crippen molar-refractivity contribution in [2.45, 2.75) is 24.9 Å². The van der Waals surface area contributed by atoms with Gasteiger partial charge in [-0.3, -0.25) is 28.1 Å². The predicted octanol–water partition coefficient (Wildman–Crippen LogP) is 2.64. The quantitative estimate of drug-likeness (QED) is 0.328. The van der Waals surface area contributed by atoms with Gasteiger partial charge in [0.15, 0.2) is 5.16 Å². The molecule has 0 spiro atoms. The van der Waals surface area contributed by atoms with Crippen LogP contribution >= 0.6 is 11.8 Å². The first-order valence-corrected chi connectivity index (χ1v) is 12.0. The lowest BCUT2D eigenvalue weighted by Crippen LogP contribution is -2.38. The summed E-state index contributed by atoms with van der Waals surface area (Å²) in [5.41, 5.74) is 0.936. The summed E-state index contributed by atoms with van der Waals surface area (Å²) in [6.45, 7) is 4.10. The summed E-state index contributed by atoms with van der Waals surface area (Å²) in [4.78, 5) is 55.1.